The summed E-state index contributed by atoms with van der Waals surface area (Å²) < 4.78 is 10.9. The van der Waals surface area contributed by atoms with Gasteiger partial charge in [-0.2, -0.15) is 0 Å². The number of aliphatic hydroxyl groups excluding tert-OH is 1. The number of amides is 2. The number of halogens is 1. The van der Waals surface area contributed by atoms with Crippen LogP contribution in [0.1, 0.15) is 12.5 Å². The van der Waals surface area contributed by atoms with Crippen molar-refractivity contribution in [1.29, 1.82) is 0 Å². The minimum Gasteiger partial charge on any atom is -0.491 e. The minimum atomic E-state index is -1.99. The van der Waals surface area contributed by atoms with Gasteiger partial charge in [-0.15, -0.1) is 0 Å². The summed E-state index contributed by atoms with van der Waals surface area (Å²) in [5.41, 5.74) is -1.28. The number of hydrogen-bond donors (Lipinski definition) is 2. The van der Waals surface area contributed by atoms with Crippen LogP contribution in [0.25, 0.3) is 0 Å². The summed E-state index contributed by atoms with van der Waals surface area (Å²) in [4.78, 5) is 28.8. The van der Waals surface area contributed by atoms with Crippen molar-refractivity contribution in [2.24, 2.45) is 0 Å². The molecule has 2 amide bonds. The van der Waals surface area contributed by atoms with E-state index in [-0.39, 0.29) is 28.0 Å². The van der Waals surface area contributed by atoms with Crippen LogP contribution in [-0.2, 0) is 15.2 Å². The number of ether oxygens (including phenoxy) is 2. The molecule has 5 atom stereocenters. The Balaban J connectivity index is 1.82. The number of rotatable bonds is 2. The fourth-order valence-corrected chi connectivity index (χ4v) is 11.3. The average molecular weight is 506 g/mol. The number of piperazine rings is 1. The van der Waals surface area contributed by atoms with E-state index in [1.54, 1.807) is 25.9 Å². The number of carbonyl (C=O) groups is 2. The van der Waals surface area contributed by atoms with Crippen LogP contribution in [0, 0.1) is 0 Å². The molecule has 0 aromatic heterocycles. The number of fused-ring (bicyclic) bond motifs is 6. The fraction of sp³-hybridized carbons (Fsp3) is 0.556. The first-order chi connectivity index (χ1) is 14.5. The predicted molar refractivity (Wildman–Crippen MR) is 120 cm³/mol. The molecular weight excluding hydrogens is 486 g/mol. The van der Waals surface area contributed by atoms with Gasteiger partial charge in [-0.25, -0.2) is 0 Å². The highest BCUT2D eigenvalue weighted by Gasteiger charge is 2.81. The minimum absolute atomic E-state index is 0.177. The van der Waals surface area contributed by atoms with Crippen LogP contribution in [-0.4, -0.2) is 82.2 Å². The first kappa shape index (κ1) is 21.7. The quantitative estimate of drug-likeness (QED) is 0.574. The number of likely N-dealkylation sites (N-methyl/N-ethyl adjacent to an activating group) is 2. The molecule has 31 heavy (non-hydrogen) atoms. The molecule has 4 fully saturated rings. The average Bonchev–Trinajstić information content (AvgIpc) is 2.97. The van der Waals surface area contributed by atoms with E-state index in [1.165, 1.54) is 50.7 Å². The van der Waals surface area contributed by atoms with E-state index in [4.69, 9.17) is 21.1 Å². The number of nitrogens with zero attached hydrogens (tertiary/aromatic N) is 3. The van der Waals surface area contributed by atoms with Crippen molar-refractivity contribution in [3.63, 3.8) is 0 Å². The zero-order valence-corrected chi connectivity index (χ0v) is 20.4. The van der Waals surface area contributed by atoms with Crippen LogP contribution in [0.15, 0.2) is 6.07 Å². The van der Waals surface area contributed by atoms with E-state index in [9.17, 15) is 19.8 Å². The molecule has 0 unspecified atom stereocenters. The molecule has 0 aliphatic carbocycles. The summed E-state index contributed by atoms with van der Waals surface area (Å²) in [5.74, 6) is -0.257. The Kier molecular flexibility index (Phi) is 4.50. The molecule has 168 valence electrons. The lowest BCUT2D eigenvalue weighted by Gasteiger charge is -2.50. The van der Waals surface area contributed by atoms with Crippen LogP contribution in [0.5, 0.6) is 11.5 Å². The number of carbonyl (C=O) groups excluding carboxylic acids is 2. The van der Waals surface area contributed by atoms with Crippen molar-refractivity contribution in [3.8, 4) is 11.5 Å². The molecular formula is C18H20ClN3O6S3. The molecule has 5 aliphatic heterocycles. The summed E-state index contributed by atoms with van der Waals surface area (Å²) in [5, 5.41) is 23.8. The Hall–Kier alpha value is -1.18. The number of methoxy groups -OCH3 is 2. The highest BCUT2D eigenvalue weighted by atomic mass is 35.5. The van der Waals surface area contributed by atoms with Gasteiger partial charge in [0, 0.05) is 19.7 Å². The summed E-state index contributed by atoms with van der Waals surface area (Å²) in [6, 6.07) is 1.50. The van der Waals surface area contributed by atoms with Gasteiger partial charge in [-0.05, 0) is 44.4 Å². The molecule has 2 N–H and O–H groups in total. The van der Waals surface area contributed by atoms with Crippen molar-refractivity contribution in [1.82, 2.24) is 9.80 Å². The number of aliphatic hydroxyl groups is 2. The van der Waals surface area contributed by atoms with E-state index >= 15 is 0 Å². The van der Waals surface area contributed by atoms with Crippen LogP contribution in [0.3, 0.4) is 0 Å². The first-order valence-corrected chi connectivity index (χ1v) is 13.1. The van der Waals surface area contributed by atoms with Crippen molar-refractivity contribution >= 4 is 60.5 Å². The van der Waals surface area contributed by atoms with Gasteiger partial charge in [-0.3, -0.25) is 14.5 Å². The third-order valence-electron chi connectivity index (χ3n) is 6.73. The Morgan fingerprint density at radius 3 is 2.39 bits per heavy atom. The van der Waals surface area contributed by atoms with E-state index in [0.29, 0.717) is 5.69 Å². The second-order valence-corrected chi connectivity index (χ2v) is 12.9. The highest BCUT2D eigenvalue weighted by molar-refractivity contribution is 9.10. The lowest BCUT2D eigenvalue weighted by Crippen LogP contribution is -2.73. The van der Waals surface area contributed by atoms with E-state index < -0.39 is 33.5 Å². The SMILES string of the molecule is COc1c(Cl)cc2c(c1OC)N(C)[C@@H]1N3C(=O)[C@@]4(C)SSS[C@@]3(C(=O)N4C)[C@@H](O)[C@]21O. The summed E-state index contributed by atoms with van der Waals surface area (Å²) in [6.45, 7) is 1.67. The molecule has 1 aromatic rings. The molecule has 6 rings (SSSR count). The van der Waals surface area contributed by atoms with Gasteiger partial charge in [0.05, 0.1) is 24.9 Å². The molecule has 1 aromatic carbocycles. The smallest absolute Gasteiger partial charge is 0.264 e. The summed E-state index contributed by atoms with van der Waals surface area (Å²) in [6.07, 6.45) is -2.67. The topological polar surface area (TPSA) is 103 Å². The summed E-state index contributed by atoms with van der Waals surface area (Å²) >= 11 is 6.41. The van der Waals surface area contributed by atoms with Gasteiger partial charge >= 0.3 is 0 Å². The molecule has 0 saturated carbocycles. The maximum absolute atomic E-state index is 13.8. The Morgan fingerprint density at radius 2 is 1.77 bits per heavy atom. The van der Waals surface area contributed by atoms with Crippen LogP contribution in [0.2, 0.25) is 5.02 Å². The third kappa shape index (κ3) is 2.12. The summed E-state index contributed by atoms with van der Waals surface area (Å²) in [7, 11) is 9.72. The molecule has 2 bridgehead atoms. The molecule has 9 nitrogen and oxygen atoms in total. The maximum Gasteiger partial charge on any atom is 0.264 e. The normalized spacial score (nSPS) is 38.3. The van der Waals surface area contributed by atoms with E-state index in [2.05, 4.69) is 0 Å². The highest BCUT2D eigenvalue weighted by Crippen LogP contribution is 2.69. The van der Waals surface area contributed by atoms with Crippen LogP contribution < -0.4 is 14.4 Å². The van der Waals surface area contributed by atoms with Gasteiger partial charge in [0.2, 0.25) is 4.87 Å². The van der Waals surface area contributed by atoms with Crippen molar-refractivity contribution < 1.29 is 29.3 Å². The van der Waals surface area contributed by atoms with Gasteiger partial charge in [-0.1, -0.05) is 11.6 Å². The Bertz CT molecular complexity index is 1050. The standard InChI is InChI=1S/C18H20ClN3O6S3/c1-16-14(24)22-13-17(26,12(23)18(22,30-31-29-16)15(25)21(16)3)7-6-8(19)10(27-4)11(28-5)9(7)20(13)2/h6,12-13,23,26H,1-5H3/t12-,13+,16+,17+,18+/m0/s1. The molecule has 4 saturated heterocycles. The van der Waals surface area contributed by atoms with Crippen LogP contribution >= 0.6 is 43.0 Å². The second-order valence-electron chi connectivity index (χ2n) is 7.99. The van der Waals surface area contributed by atoms with Gasteiger partial charge in [0.1, 0.15) is 12.3 Å². The zero-order valence-electron chi connectivity index (χ0n) is 17.2. The van der Waals surface area contributed by atoms with Crippen LogP contribution in [0.4, 0.5) is 5.69 Å². The first-order valence-electron chi connectivity index (χ1n) is 9.27. The lowest BCUT2D eigenvalue weighted by molar-refractivity contribution is -0.166. The fourth-order valence-electron chi connectivity index (χ4n) is 5.09. The maximum atomic E-state index is 13.8. The van der Waals surface area contributed by atoms with Gasteiger partial charge in [0.25, 0.3) is 11.8 Å². The Labute approximate surface area is 195 Å². The predicted octanol–water partition coefficient (Wildman–Crippen LogP) is 1.45. The van der Waals surface area contributed by atoms with E-state index in [1.807, 2.05) is 0 Å². The van der Waals surface area contributed by atoms with Crippen molar-refractivity contribution in [2.75, 3.05) is 33.2 Å². The molecule has 13 heteroatoms. The van der Waals surface area contributed by atoms with E-state index in [0.717, 1.165) is 10.8 Å². The molecule has 5 aliphatic rings. The lowest BCUT2D eigenvalue weighted by atomic mass is 9.87. The third-order valence-corrected chi connectivity index (χ3v) is 12.1. The monoisotopic (exact) mass is 505 g/mol. The Morgan fingerprint density at radius 1 is 1.13 bits per heavy atom. The second kappa shape index (κ2) is 6.45. The largest absolute Gasteiger partial charge is 0.491 e. The molecule has 0 radical (unpaired) electrons. The number of benzene rings is 1. The molecule has 5 heterocycles. The van der Waals surface area contributed by atoms with Gasteiger partial charge in [0.15, 0.2) is 22.0 Å². The number of hydrogen-bond acceptors (Lipinski definition) is 10. The zero-order chi connectivity index (χ0) is 22.7. The number of anilines is 1. The molecule has 1 spiro atoms. The van der Waals surface area contributed by atoms with Gasteiger partial charge < -0.3 is 29.5 Å². The van der Waals surface area contributed by atoms with Crippen molar-refractivity contribution in [2.45, 2.75) is 34.5 Å². The van der Waals surface area contributed by atoms with Crippen molar-refractivity contribution in [3.05, 3.63) is 16.7 Å².